The van der Waals surface area contributed by atoms with Gasteiger partial charge < -0.3 is 14.4 Å². The van der Waals surface area contributed by atoms with E-state index in [0.717, 1.165) is 56.2 Å². The summed E-state index contributed by atoms with van der Waals surface area (Å²) in [5.41, 5.74) is 3.28. The lowest BCUT2D eigenvalue weighted by Gasteiger charge is -2.30. The van der Waals surface area contributed by atoms with Gasteiger partial charge in [0.05, 0.1) is 5.56 Å². The molecule has 4 nitrogen and oxygen atoms in total. The van der Waals surface area contributed by atoms with Crippen molar-refractivity contribution in [1.29, 1.82) is 0 Å². The largest absolute Gasteiger partial charge is 0.347 e. The number of rotatable bonds is 4. The molecule has 1 aromatic heterocycles. The summed E-state index contributed by atoms with van der Waals surface area (Å²) in [7, 11) is 0. The summed E-state index contributed by atoms with van der Waals surface area (Å²) in [4.78, 5) is 17.4. The summed E-state index contributed by atoms with van der Waals surface area (Å²) in [5.74, 6) is 0.990. The molecule has 0 atom stereocenters. The number of amides is 1. The molecule has 3 rings (SSSR count). The zero-order chi connectivity index (χ0) is 16.4. The van der Waals surface area contributed by atoms with Crippen molar-refractivity contribution < 1.29 is 4.79 Å². The third kappa shape index (κ3) is 3.63. The number of aromatic nitrogens is 1. The third-order valence-electron chi connectivity index (χ3n) is 5.71. The molecule has 0 N–H and O–H groups in total. The van der Waals surface area contributed by atoms with Gasteiger partial charge in [-0.3, -0.25) is 4.79 Å². The van der Waals surface area contributed by atoms with Crippen LogP contribution in [0.15, 0.2) is 6.07 Å². The lowest BCUT2D eigenvalue weighted by Crippen LogP contribution is -2.38. The van der Waals surface area contributed by atoms with Crippen molar-refractivity contribution in [2.24, 2.45) is 5.92 Å². The van der Waals surface area contributed by atoms with E-state index in [1.54, 1.807) is 0 Å². The highest BCUT2D eigenvalue weighted by Crippen LogP contribution is 2.22. The van der Waals surface area contributed by atoms with E-state index in [-0.39, 0.29) is 5.91 Å². The van der Waals surface area contributed by atoms with Gasteiger partial charge in [0, 0.05) is 37.6 Å². The fourth-order valence-corrected chi connectivity index (χ4v) is 3.99. The number of piperidine rings is 1. The van der Waals surface area contributed by atoms with Gasteiger partial charge in [-0.1, -0.05) is 6.92 Å². The Labute approximate surface area is 140 Å². The molecule has 1 amide bonds. The number of nitrogens with zero attached hydrogens (tertiary/aromatic N) is 3. The van der Waals surface area contributed by atoms with Crippen molar-refractivity contribution in [3.63, 3.8) is 0 Å². The maximum atomic E-state index is 12.9. The zero-order valence-electron chi connectivity index (χ0n) is 15.0. The topological polar surface area (TPSA) is 28.5 Å². The van der Waals surface area contributed by atoms with E-state index in [9.17, 15) is 4.79 Å². The molecule has 2 aliphatic heterocycles. The van der Waals surface area contributed by atoms with E-state index in [4.69, 9.17) is 0 Å². The smallest absolute Gasteiger partial charge is 0.255 e. The highest BCUT2D eigenvalue weighted by molar-refractivity contribution is 5.95. The van der Waals surface area contributed by atoms with Crippen LogP contribution in [0.2, 0.25) is 0 Å². The first-order valence-electron chi connectivity index (χ1n) is 9.24. The summed E-state index contributed by atoms with van der Waals surface area (Å²) >= 11 is 0. The van der Waals surface area contributed by atoms with Crippen molar-refractivity contribution >= 4 is 5.91 Å². The molecule has 2 saturated heterocycles. The summed E-state index contributed by atoms with van der Waals surface area (Å²) in [6.07, 6.45) is 4.94. The Kier molecular flexibility index (Phi) is 5.10. The molecule has 0 aliphatic carbocycles. The van der Waals surface area contributed by atoms with Crippen LogP contribution < -0.4 is 0 Å². The van der Waals surface area contributed by atoms with Gasteiger partial charge in [0.15, 0.2) is 0 Å². The molecule has 4 heteroatoms. The van der Waals surface area contributed by atoms with Crippen LogP contribution in [0.3, 0.4) is 0 Å². The van der Waals surface area contributed by atoms with Gasteiger partial charge in [-0.25, -0.2) is 0 Å². The fourth-order valence-electron chi connectivity index (χ4n) is 3.99. The maximum absolute atomic E-state index is 12.9. The van der Waals surface area contributed by atoms with Gasteiger partial charge >= 0.3 is 0 Å². The van der Waals surface area contributed by atoms with Gasteiger partial charge in [-0.15, -0.1) is 0 Å². The van der Waals surface area contributed by atoms with Crippen molar-refractivity contribution in [2.45, 2.75) is 53.0 Å². The monoisotopic (exact) mass is 317 g/mol. The SMILES string of the molecule is Cc1cc(C(=O)N2CCC(C)CC2)c(C)n1CCN1CCCC1. The molecule has 3 heterocycles. The quantitative estimate of drug-likeness (QED) is 0.854. The number of likely N-dealkylation sites (tertiary alicyclic amines) is 2. The Morgan fingerprint density at radius 1 is 1.09 bits per heavy atom. The molecule has 1 aromatic rings. The lowest BCUT2D eigenvalue weighted by molar-refractivity contribution is 0.0696. The van der Waals surface area contributed by atoms with Crippen LogP contribution >= 0.6 is 0 Å². The molecule has 2 aliphatic rings. The van der Waals surface area contributed by atoms with Crippen LogP contribution in [0, 0.1) is 19.8 Å². The van der Waals surface area contributed by atoms with E-state index in [2.05, 4.69) is 36.3 Å². The first kappa shape index (κ1) is 16.6. The molecule has 0 aromatic carbocycles. The normalized spacial score (nSPS) is 20.4. The van der Waals surface area contributed by atoms with Gasteiger partial charge in [0.25, 0.3) is 5.91 Å². The number of aryl methyl sites for hydroxylation is 1. The van der Waals surface area contributed by atoms with Crippen molar-refractivity contribution in [2.75, 3.05) is 32.7 Å². The molecule has 128 valence electrons. The minimum absolute atomic E-state index is 0.234. The predicted molar refractivity (Wildman–Crippen MR) is 93.9 cm³/mol. The fraction of sp³-hybridized carbons (Fsp3) is 0.737. The van der Waals surface area contributed by atoms with Crippen LogP contribution in [0.25, 0.3) is 0 Å². The van der Waals surface area contributed by atoms with Crippen molar-refractivity contribution in [3.05, 3.63) is 23.0 Å². The highest BCUT2D eigenvalue weighted by Gasteiger charge is 2.24. The Morgan fingerprint density at radius 2 is 1.74 bits per heavy atom. The van der Waals surface area contributed by atoms with Gasteiger partial charge in [0.2, 0.25) is 0 Å². The molecule has 2 fully saturated rings. The molecule has 0 bridgehead atoms. The van der Waals surface area contributed by atoms with E-state index in [1.807, 2.05) is 4.90 Å². The van der Waals surface area contributed by atoms with Crippen LogP contribution in [0.4, 0.5) is 0 Å². The number of hydrogen-bond donors (Lipinski definition) is 0. The summed E-state index contributed by atoms with van der Waals surface area (Å²) in [6, 6.07) is 2.10. The second-order valence-corrected chi connectivity index (χ2v) is 7.46. The average Bonchev–Trinajstić information content (AvgIpc) is 3.14. The lowest BCUT2D eigenvalue weighted by atomic mass is 9.98. The first-order chi connectivity index (χ1) is 11.1. The summed E-state index contributed by atoms with van der Waals surface area (Å²) in [5, 5.41) is 0. The Morgan fingerprint density at radius 3 is 2.39 bits per heavy atom. The second-order valence-electron chi connectivity index (χ2n) is 7.46. The van der Waals surface area contributed by atoms with Crippen LogP contribution in [0.1, 0.15) is 54.4 Å². The number of carbonyl (C=O) groups excluding carboxylic acids is 1. The minimum Gasteiger partial charge on any atom is -0.347 e. The van der Waals surface area contributed by atoms with Crippen LogP contribution in [-0.2, 0) is 6.54 Å². The third-order valence-corrected chi connectivity index (χ3v) is 5.71. The maximum Gasteiger partial charge on any atom is 0.255 e. The Hall–Kier alpha value is -1.29. The average molecular weight is 317 g/mol. The van der Waals surface area contributed by atoms with Gasteiger partial charge in [-0.2, -0.15) is 0 Å². The molecule has 23 heavy (non-hydrogen) atoms. The predicted octanol–water partition coefficient (Wildman–Crippen LogP) is 3.07. The minimum atomic E-state index is 0.234. The second kappa shape index (κ2) is 7.08. The van der Waals surface area contributed by atoms with Gasteiger partial charge in [0.1, 0.15) is 0 Å². The van der Waals surface area contributed by atoms with E-state index < -0.39 is 0 Å². The molecule has 0 saturated carbocycles. The van der Waals surface area contributed by atoms with Gasteiger partial charge in [-0.05, 0) is 64.6 Å². The van der Waals surface area contributed by atoms with Crippen molar-refractivity contribution in [1.82, 2.24) is 14.4 Å². The van der Waals surface area contributed by atoms with E-state index in [0.29, 0.717) is 0 Å². The van der Waals surface area contributed by atoms with Crippen molar-refractivity contribution in [3.8, 4) is 0 Å². The molecule has 0 spiro atoms. The van der Waals surface area contributed by atoms with Crippen LogP contribution in [-0.4, -0.2) is 53.0 Å². The number of carbonyl (C=O) groups is 1. The van der Waals surface area contributed by atoms with E-state index in [1.165, 1.54) is 31.6 Å². The van der Waals surface area contributed by atoms with E-state index >= 15 is 0 Å². The zero-order valence-corrected chi connectivity index (χ0v) is 15.0. The molecule has 0 radical (unpaired) electrons. The first-order valence-corrected chi connectivity index (χ1v) is 9.24. The Bertz CT molecular complexity index is 549. The van der Waals surface area contributed by atoms with Crippen LogP contribution in [0.5, 0.6) is 0 Å². The summed E-state index contributed by atoms with van der Waals surface area (Å²) < 4.78 is 2.33. The number of hydrogen-bond acceptors (Lipinski definition) is 2. The summed E-state index contributed by atoms with van der Waals surface area (Å²) in [6.45, 7) is 12.9. The molecular formula is C19H31N3O. The highest BCUT2D eigenvalue weighted by atomic mass is 16.2. The standard InChI is InChI=1S/C19H31N3O/c1-15-6-10-21(11-7-15)19(23)18-14-16(2)22(17(18)3)13-12-20-8-4-5-9-20/h14-15H,4-13H2,1-3H3. The molecule has 0 unspecified atom stereocenters. The Balaban J connectivity index is 1.68. The molecular weight excluding hydrogens is 286 g/mol.